The minimum atomic E-state index is -5.81. The van der Waals surface area contributed by atoms with Crippen LogP contribution in [0.25, 0.3) is 0 Å². The maximum atomic E-state index is 14.9. The Morgan fingerprint density at radius 2 is 0.647 bits per heavy atom. The number of unbranched alkanes of at least 4 members (excludes halogenated alkanes) is 47. The number of carbonyl (C=O) groups excluding carboxylic acids is 4. The Bertz CT molecular complexity index is 2510. The summed E-state index contributed by atoms with van der Waals surface area (Å²) in [4.78, 5) is 66.4. The lowest BCUT2D eigenvalue weighted by molar-refractivity contribution is -0.360. The van der Waals surface area contributed by atoms with Crippen molar-refractivity contribution >= 4 is 31.7 Å². The van der Waals surface area contributed by atoms with E-state index >= 15 is 0 Å². The summed E-state index contributed by atoms with van der Waals surface area (Å²) in [6, 6.07) is 0. The molecule has 18 atom stereocenters. The molecule has 25 nitrogen and oxygen atoms in total. The summed E-state index contributed by atoms with van der Waals surface area (Å²) in [5, 5.41) is 102. The Morgan fingerprint density at radius 1 is 0.336 bits per heavy atom. The molecule has 0 bridgehead atoms. The van der Waals surface area contributed by atoms with Crippen molar-refractivity contribution in [2.24, 2.45) is 0 Å². The lowest BCUT2D eigenvalue weighted by Gasteiger charge is -2.50. The molecule has 1 saturated carbocycles. The molecule has 26 heteroatoms. The number of aliphatic hydroxyl groups excluding tert-OH is 9. The number of aliphatic hydroxyl groups is 9. The molecule has 2 aliphatic heterocycles. The van der Waals surface area contributed by atoms with Crippen LogP contribution in [0.1, 0.15) is 394 Å². The number of phosphoric acid groups is 1. The molecule has 10 N–H and O–H groups in total. The van der Waals surface area contributed by atoms with Crippen molar-refractivity contribution in [3.05, 3.63) is 24.3 Å². The van der Waals surface area contributed by atoms with E-state index < -0.39 is 162 Å². The Hall–Kier alpha value is -3.05. The maximum Gasteiger partial charge on any atom is 0.472 e. The van der Waals surface area contributed by atoms with Crippen LogP contribution in [-0.2, 0) is 70.7 Å². The number of ether oxygens (including phenoxy) is 8. The fourth-order valence-electron chi connectivity index (χ4n) is 15.2. The first-order valence-electron chi connectivity index (χ1n) is 46.6. The first-order chi connectivity index (χ1) is 56.2. The first-order valence-corrected chi connectivity index (χ1v) is 48.1. The molecule has 0 spiro atoms. The third-order valence-electron chi connectivity index (χ3n) is 22.7. The number of carbonyl (C=O) groups is 4. The molecule has 3 rings (SSSR count). The molecule has 0 aromatic carbocycles. The van der Waals surface area contributed by atoms with E-state index in [9.17, 15) is 74.6 Å². The molecular weight excluding hydrogens is 1510 g/mol. The largest absolute Gasteiger partial charge is 0.472 e. The van der Waals surface area contributed by atoms with Crippen molar-refractivity contribution in [2.75, 3.05) is 26.4 Å². The summed E-state index contributed by atoms with van der Waals surface area (Å²) in [6.07, 6.45) is 28.9. The van der Waals surface area contributed by atoms with Gasteiger partial charge in [-0.1, -0.05) is 315 Å². The fourth-order valence-corrected chi connectivity index (χ4v) is 16.2. The molecule has 0 aromatic heterocycles. The van der Waals surface area contributed by atoms with Gasteiger partial charge in [-0.15, -0.1) is 0 Å². The van der Waals surface area contributed by atoms with Crippen molar-refractivity contribution in [1.82, 2.24) is 0 Å². The minimum Gasteiger partial charge on any atom is -0.463 e. The van der Waals surface area contributed by atoms with Crippen molar-refractivity contribution in [2.45, 2.75) is 498 Å². The number of phosphoric ester groups is 1. The average molecular weight is 1680 g/mol. The van der Waals surface area contributed by atoms with Crippen molar-refractivity contribution in [3.63, 3.8) is 0 Å². The van der Waals surface area contributed by atoms with E-state index in [4.69, 9.17) is 46.9 Å². The summed E-state index contributed by atoms with van der Waals surface area (Å²) < 4.78 is 73.3. The zero-order chi connectivity index (χ0) is 84.7. The van der Waals surface area contributed by atoms with E-state index in [-0.39, 0.29) is 25.7 Å². The third-order valence-corrected chi connectivity index (χ3v) is 23.7. The molecule has 116 heavy (non-hydrogen) atoms. The second kappa shape index (κ2) is 69.4. The second-order valence-corrected chi connectivity index (χ2v) is 34.6. The van der Waals surface area contributed by atoms with Gasteiger partial charge in [0.15, 0.2) is 24.8 Å². The van der Waals surface area contributed by atoms with Gasteiger partial charge in [0.05, 0.1) is 13.2 Å². The van der Waals surface area contributed by atoms with Crippen molar-refractivity contribution < 1.29 is 122 Å². The van der Waals surface area contributed by atoms with Gasteiger partial charge in [-0.05, 0) is 77.0 Å². The lowest BCUT2D eigenvalue weighted by Crippen LogP contribution is -2.70. The highest BCUT2D eigenvalue weighted by Crippen LogP contribution is 2.49. The summed E-state index contributed by atoms with van der Waals surface area (Å²) in [5.41, 5.74) is 0. The maximum absolute atomic E-state index is 14.9. The molecule has 0 aromatic rings. The molecule has 0 radical (unpaired) electrons. The van der Waals surface area contributed by atoms with Gasteiger partial charge < -0.3 is 88.7 Å². The number of hydrogen-bond donors (Lipinski definition) is 10. The van der Waals surface area contributed by atoms with E-state index in [1.54, 1.807) is 0 Å². The van der Waals surface area contributed by atoms with Gasteiger partial charge in [0, 0.05) is 25.7 Å². The van der Waals surface area contributed by atoms with Gasteiger partial charge in [-0.3, -0.25) is 28.2 Å². The highest BCUT2D eigenvalue weighted by molar-refractivity contribution is 7.47. The molecular formula is C90H165O25P. The normalized spacial score (nSPS) is 25.2. The topological polar surface area (TPSA) is 380 Å². The van der Waals surface area contributed by atoms with Gasteiger partial charge in [0.1, 0.15) is 92.6 Å². The first kappa shape index (κ1) is 107. The van der Waals surface area contributed by atoms with E-state index in [0.717, 1.165) is 148 Å². The highest BCUT2D eigenvalue weighted by Gasteiger charge is 2.60. The van der Waals surface area contributed by atoms with Crippen LogP contribution in [0.4, 0.5) is 0 Å². The van der Waals surface area contributed by atoms with Crippen LogP contribution >= 0.6 is 7.82 Å². The van der Waals surface area contributed by atoms with Crippen LogP contribution in [0.15, 0.2) is 24.3 Å². The van der Waals surface area contributed by atoms with Gasteiger partial charge in [0.25, 0.3) is 0 Å². The highest BCUT2D eigenvalue weighted by atomic mass is 31.2. The summed E-state index contributed by atoms with van der Waals surface area (Å²) in [6.45, 7) is 5.56. The third kappa shape index (κ3) is 49.3. The van der Waals surface area contributed by atoms with Crippen LogP contribution in [0.2, 0.25) is 0 Å². The molecule has 680 valence electrons. The van der Waals surface area contributed by atoms with E-state index in [1.165, 1.54) is 161 Å². The van der Waals surface area contributed by atoms with Gasteiger partial charge >= 0.3 is 31.7 Å². The number of hydrogen-bond acceptors (Lipinski definition) is 24. The summed E-state index contributed by atoms with van der Waals surface area (Å²) in [5.74, 6) is -2.98. The van der Waals surface area contributed by atoms with Crippen molar-refractivity contribution in [3.8, 4) is 0 Å². The van der Waals surface area contributed by atoms with Crippen LogP contribution in [0.5, 0.6) is 0 Å². The summed E-state index contributed by atoms with van der Waals surface area (Å²) >= 11 is 0. The smallest absolute Gasteiger partial charge is 0.463 e. The van der Waals surface area contributed by atoms with Gasteiger partial charge in [0.2, 0.25) is 0 Å². The van der Waals surface area contributed by atoms with Crippen molar-refractivity contribution in [1.29, 1.82) is 0 Å². The Balaban J connectivity index is 1.92. The van der Waals surface area contributed by atoms with E-state index in [1.807, 2.05) is 0 Å². The average Bonchev–Trinajstić information content (AvgIpc) is 0.754. The quantitative estimate of drug-likeness (QED) is 0.00889. The molecule has 3 fully saturated rings. The zero-order valence-electron chi connectivity index (χ0n) is 72.3. The van der Waals surface area contributed by atoms with Gasteiger partial charge in [-0.2, -0.15) is 0 Å². The molecule has 2 heterocycles. The predicted molar refractivity (Wildman–Crippen MR) is 449 cm³/mol. The van der Waals surface area contributed by atoms with E-state index in [0.29, 0.717) is 32.1 Å². The number of esters is 4. The Labute approximate surface area is 698 Å². The van der Waals surface area contributed by atoms with Crippen LogP contribution in [0, 0.1) is 0 Å². The summed E-state index contributed by atoms with van der Waals surface area (Å²) in [7, 11) is -5.81. The van der Waals surface area contributed by atoms with E-state index in [2.05, 4.69) is 52.0 Å². The molecule has 3 aliphatic rings. The molecule has 18 unspecified atom stereocenters. The van der Waals surface area contributed by atoms with Crippen LogP contribution in [0.3, 0.4) is 0 Å². The SMILES string of the molecule is CCCCCC/C=C\CCCCCCCCCC(=O)OCC1OC(OC2C(OC(=O)CCCCCCCCCCCCCCC)C(O)C(O)C(OC3OC(CO)C(O)C(O)C3O)C2OP(=O)(O)OCC(COC(=O)CCCCC/C=C\CCCCCCCC)OC(=O)CCCCCCCCCCCCCCCCCC)C(O)C(O)C1O. The van der Waals surface area contributed by atoms with Crippen LogP contribution < -0.4 is 0 Å². The molecule has 0 amide bonds. The monoisotopic (exact) mass is 1680 g/mol. The number of rotatable bonds is 75. The Morgan fingerprint density at radius 3 is 1.04 bits per heavy atom. The number of allylic oxidation sites excluding steroid dienone is 4. The molecule has 1 aliphatic carbocycles. The second-order valence-electron chi connectivity index (χ2n) is 33.2. The fraction of sp³-hybridized carbons (Fsp3) is 0.911. The van der Waals surface area contributed by atoms with Gasteiger partial charge in [-0.25, -0.2) is 4.57 Å². The predicted octanol–water partition coefficient (Wildman–Crippen LogP) is 16.9. The molecule has 2 saturated heterocycles. The zero-order valence-corrected chi connectivity index (χ0v) is 73.2. The Kier molecular flexibility index (Phi) is 64.1. The van der Waals surface area contributed by atoms with Crippen LogP contribution in [-0.4, -0.2) is 205 Å². The minimum absolute atomic E-state index is 0.00945. The standard InChI is InChI=1S/C90H165O25P/c1-5-9-13-17-21-25-29-33-35-37-41-45-48-52-56-60-64-75(94)109-70(67-106-73(92)62-58-54-50-46-42-38-31-27-23-19-15-11-7-3)68-108-116(104,105)115-88-86(113-89-83(102)79(98)77(96)71(66-91)110-89)82(101)81(100)85(112-76(95)65-61-57-53-49-44-39-32-28-24-20-16-12-8-4)87(88)114-90-84(103)80(99)78(97)72(111-90)69-107-74(93)63-59-55-51-47-43-40-36-34-30-26-22-18-14-10-6-2/h26,30,38,42,70-72,77-91,96-103H,5-25,27-29,31-37,39-41,43-69H2,1-4H3,(H,104,105)/b30-26-,42-38-. The lowest BCUT2D eigenvalue weighted by atomic mass is 9.84.